The fourth-order valence-electron chi connectivity index (χ4n) is 3.19. The first-order valence-electron chi connectivity index (χ1n) is 9.95. The normalized spacial score (nSPS) is 15.5. The molecule has 1 aliphatic heterocycles. The Bertz CT molecular complexity index is 1020. The molecule has 0 aromatic heterocycles. The van der Waals surface area contributed by atoms with E-state index in [1.165, 1.54) is 24.3 Å². The molecule has 0 radical (unpaired) electrons. The Balaban J connectivity index is 1.58. The predicted octanol–water partition coefficient (Wildman–Crippen LogP) is 2.29. The lowest BCUT2D eigenvalue weighted by Crippen LogP contribution is -2.35. The smallest absolute Gasteiger partial charge is 0.379 e. The lowest BCUT2D eigenvalue weighted by atomic mass is 10.1. The van der Waals surface area contributed by atoms with Crippen molar-refractivity contribution in [3.05, 3.63) is 65.2 Å². The molecule has 0 atom stereocenters. The number of carbonyl (C=O) groups is 1. The maximum Gasteiger partial charge on any atom is 0.405 e. The largest absolute Gasteiger partial charge is 0.405 e. The maximum absolute atomic E-state index is 12.6. The van der Waals surface area contributed by atoms with Crippen molar-refractivity contribution < 1.29 is 31.1 Å². The van der Waals surface area contributed by atoms with Gasteiger partial charge in [-0.1, -0.05) is 24.3 Å². The molecule has 1 aliphatic rings. The summed E-state index contributed by atoms with van der Waals surface area (Å²) in [6.07, 6.45) is -4.53. The standard InChI is InChI=1S/C21H24F3N3O4S/c22-21(23,24)15-25-20(28)18-4-6-19(7-5-18)32(29,30)26-13-16-2-1-3-17(12-16)14-27-8-10-31-11-9-27/h1-7,12,26H,8-11,13-15H2,(H,25,28). The number of sulfonamides is 1. The molecular formula is C21H24F3N3O4S. The van der Waals surface area contributed by atoms with E-state index in [1.807, 2.05) is 24.3 Å². The second-order valence-corrected chi connectivity index (χ2v) is 9.12. The Morgan fingerprint density at radius 1 is 1.03 bits per heavy atom. The number of alkyl halides is 3. The monoisotopic (exact) mass is 471 g/mol. The van der Waals surface area contributed by atoms with Crippen molar-refractivity contribution in [1.82, 2.24) is 14.9 Å². The van der Waals surface area contributed by atoms with Crippen LogP contribution in [0, 0.1) is 0 Å². The number of morpholine rings is 1. The van der Waals surface area contributed by atoms with Crippen LogP contribution >= 0.6 is 0 Å². The highest BCUT2D eigenvalue weighted by Crippen LogP contribution is 2.15. The first-order valence-corrected chi connectivity index (χ1v) is 11.4. The van der Waals surface area contributed by atoms with Gasteiger partial charge >= 0.3 is 6.18 Å². The molecule has 11 heteroatoms. The lowest BCUT2D eigenvalue weighted by molar-refractivity contribution is -0.123. The zero-order chi connectivity index (χ0) is 23.2. The third kappa shape index (κ3) is 7.30. The summed E-state index contributed by atoms with van der Waals surface area (Å²) < 4.78 is 69.6. The van der Waals surface area contributed by atoms with Crippen molar-refractivity contribution in [1.29, 1.82) is 0 Å². The molecule has 2 aromatic rings. The van der Waals surface area contributed by atoms with Gasteiger partial charge in [-0.2, -0.15) is 13.2 Å². The first kappa shape index (κ1) is 24.2. The Morgan fingerprint density at radius 2 is 1.69 bits per heavy atom. The molecule has 3 rings (SSSR count). The minimum atomic E-state index is -4.53. The molecule has 0 aliphatic carbocycles. The minimum Gasteiger partial charge on any atom is -0.379 e. The van der Waals surface area contributed by atoms with Crippen LogP contribution in [-0.4, -0.2) is 58.2 Å². The highest BCUT2D eigenvalue weighted by molar-refractivity contribution is 7.89. The van der Waals surface area contributed by atoms with Gasteiger partial charge in [0.25, 0.3) is 5.91 Å². The van der Waals surface area contributed by atoms with E-state index in [0.717, 1.165) is 30.8 Å². The van der Waals surface area contributed by atoms with Gasteiger partial charge in [-0.15, -0.1) is 0 Å². The SMILES string of the molecule is O=C(NCC(F)(F)F)c1ccc(S(=O)(=O)NCc2cccc(CN3CCOCC3)c2)cc1. The number of hydrogen-bond donors (Lipinski definition) is 2. The van der Waals surface area contributed by atoms with Crippen molar-refractivity contribution in [2.45, 2.75) is 24.2 Å². The Hall–Kier alpha value is -2.47. The molecule has 7 nitrogen and oxygen atoms in total. The molecule has 0 bridgehead atoms. The van der Waals surface area contributed by atoms with Gasteiger partial charge in [-0.3, -0.25) is 9.69 Å². The van der Waals surface area contributed by atoms with E-state index >= 15 is 0 Å². The van der Waals surface area contributed by atoms with Crippen molar-refractivity contribution >= 4 is 15.9 Å². The number of amides is 1. The van der Waals surface area contributed by atoms with Crippen LogP contribution in [0.1, 0.15) is 21.5 Å². The number of hydrogen-bond acceptors (Lipinski definition) is 5. The van der Waals surface area contributed by atoms with E-state index in [2.05, 4.69) is 9.62 Å². The molecule has 1 fully saturated rings. The average Bonchev–Trinajstić information content (AvgIpc) is 2.77. The van der Waals surface area contributed by atoms with E-state index < -0.39 is 28.7 Å². The van der Waals surface area contributed by atoms with Gasteiger partial charge in [0.05, 0.1) is 18.1 Å². The average molecular weight is 472 g/mol. The molecule has 32 heavy (non-hydrogen) atoms. The van der Waals surface area contributed by atoms with Gasteiger partial charge in [0.15, 0.2) is 0 Å². The van der Waals surface area contributed by atoms with E-state index in [-0.39, 0.29) is 17.0 Å². The van der Waals surface area contributed by atoms with Crippen LogP contribution in [0.5, 0.6) is 0 Å². The molecular weight excluding hydrogens is 447 g/mol. The van der Waals surface area contributed by atoms with Gasteiger partial charge in [-0.05, 0) is 35.4 Å². The first-order chi connectivity index (χ1) is 15.1. The number of rotatable bonds is 8. The Kier molecular flexibility index (Phi) is 7.88. The van der Waals surface area contributed by atoms with Gasteiger partial charge < -0.3 is 10.1 Å². The number of nitrogens with zero attached hydrogens (tertiary/aromatic N) is 1. The Labute approximate surface area is 184 Å². The van der Waals surface area contributed by atoms with E-state index in [1.54, 1.807) is 5.32 Å². The summed E-state index contributed by atoms with van der Waals surface area (Å²) in [5.41, 5.74) is 1.80. The molecule has 0 unspecified atom stereocenters. The van der Waals surface area contributed by atoms with Crippen LogP contribution in [0.4, 0.5) is 13.2 Å². The van der Waals surface area contributed by atoms with E-state index in [9.17, 15) is 26.4 Å². The third-order valence-electron chi connectivity index (χ3n) is 4.84. The lowest BCUT2D eigenvalue weighted by Gasteiger charge is -2.26. The summed E-state index contributed by atoms with van der Waals surface area (Å²) in [5.74, 6) is -0.934. The van der Waals surface area contributed by atoms with Crippen molar-refractivity contribution in [3.8, 4) is 0 Å². The zero-order valence-corrected chi connectivity index (χ0v) is 18.0. The molecule has 2 N–H and O–H groups in total. The van der Waals surface area contributed by atoms with E-state index in [0.29, 0.717) is 13.2 Å². The highest BCUT2D eigenvalue weighted by Gasteiger charge is 2.28. The fourth-order valence-corrected chi connectivity index (χ4v) is 4.20. The highest BCUT2D eigenvalue weighted by atomic mass is 32.2. The predicted molar refractivity (Wildman–Crippen MR) is 111 cm³/mol. The maximum atomic E-state index is 12.6. The van der Waals surface area contributed by atoms with Gasteiger partial charge in [0.1, 0.15) is 6.54 Å². The summed E-state index contributed by atoms with van der Waals surface area (Å²) in [6, 6.07) is 12.3. The van der Waals surface area contributed by atoms with Crippen LogP contribution in [0.15, 0.2) is 53.4 Å². The summed E-state index contributed by atoms with van der Waals surface area (Å²) in [6.45, 7) is 2.46. The van der Waals surface area contributed by atoms with Crippen LogP contribution in [0.2, 0.25) is 0 Å². The molecule has 1 heterocycles. The Morgan fingerprint density at radius 3 is 2.34 bits per heavy atom. The van der Waals surface area contributed by atoms with Crippen molar-refractivity contribution in [2.24, 2.45) is 0 Å². The molecule has 1 saturated heterocycles. The molecule has 0 spiro atoms. The van der Waals surface area contributed by atoms with Crippen LogP contribution < -0.4 is 10.0 Å². The van der Waals surface area contributed by atoms with Crippen LogP contribution in [0.25, 0.3) is 0 Å². The molecule has 174 valence electrons. The van der Waals surface area contributed by atoms with Gasteiger partial charge in [0.2, 0.25) is 10.0 Å². The third-order valence-corrected chi connectivity index (χ3v) is 6.26. The van der Waals surface area contributed by atoms with E-state index in [4.69, 9.17) is 4.74 Å². The van der Waals surface area contributed by atoms with Gasteiger partial charge in [0, 0.05) is 31.7 Å². The number of carbonyl (C=O) groups excluding carboxylic acids is 1. The molecule has 1 amide bonds. The minimum absolute atomic E-state index is 0.0657. The summed E-state index contributed by atoms with van der Waals surface area (Å²) in [7, 11) is -3.87. The fraction of sp³-hybridized carbons (Fsp3) is 0.381. The number of benzene rings is 2. The quantitative estimate of drug-likeness (QED) is 0.617. The molecule has 0 saturated carbocycles. The zero-order valence-electron chi connectivity index (χ0n) is 17.2. The van der Waals surface area contributed by atoms with Crippen LogP contribution in [0.3, 0.4) is 0 Å². The topological polar surface area (TPSA) is 87.7 Å². The summed E-state index contributed by atoms with van der Waals surface area (Å²) >= 11 is 0. The summed E-state index contributed by atoms with van der Waals surface area (Å²) in [5, 5.41) is 1.74. The van der Waals surface area contributed by atoms with Gasteiger partial charge in [-0.25, -0.2) is 13.1 Å². The number of nitrogens with one attached hydrogen (secondary N) is 2. The van der Waals surface area contributed by atoms with Crippen molar-refractivity contribution in [3.63, 3.8) is 0 Å². The number of ether oxygens (including phenoxy) is 1. The molecule has 2 aromatic carbocycles. The summed E-state index contributed by atoms with van der Waals surface area (Å²) in [4.78, 5) is 13.9. The number of halogens is 3. The van der Waals surface area contributed by atoms with Crippen LogP contribution in [-0.2, 0) is 27.8 Å². The van der Waals surface area contributed by atoms with Crippen molar-refractivity contribution in [2.75, 3.05) is 32.8 Å². The second kappa shape index (κ2) is 10.4. The second-order valence-electron chi connectivity index (χ2n) is 7.36.